The van der Waals surface area contributed by atoms with E-state index in [9.17, 15) is 4.79 Å². The van der Waals surface area contributed by atoms with Crippen LogP contribution >= 0.6 is 11.8 Å². The van der Waals surface area contributed by atoms with E-state index in [-0.39, 0.29) is 11.2 Å². The predicted molar refractivity (Wildman–Crippen MR) is 115 cm³/mol. The fourth-order valence-corrected chi connectivity index (χ4v) is 3.95. The third-order valence-corrected chi connectivity index (χ3v) is 6.27. The molecule has 2 heterocycles. The molecular formula is C22H28N4OS. The molecule has 28 heavy (non-hydrogen) atoms. The molecule has 0 radical (unpaired) electrons. The van der Waals surface area contributed by atoms with Crippen LogP contribution in [0.2, 0.25) is 0 Å². The van der Waals surface area contributed by atoms with Crippen molar-refractivity contribution in [1.29, 1.82) is 0 Å². The van der Waals surface area contributed by atoms with Gasteiger partial charge in [0.15, 0.2) is 16.8 Å². The Morgan fingerprint density at radius 1 is 1.04 bits per heavy atom. The van der Waals surface area contributed by atoms with Crippen LogP contribution in [-0.4, -0.2) is 30.9 Å². The fraction of sp³-hybridized carbons (Fsp3) is 0.409. The van der Waals surface area contributed by atoms with Gasteiger partial charge in [0.25, 0.3) is 0 Å². The maximum Gasteiger partial charge on any atom is 0.191 e. The largest absolute Gasteiger partial charge is 0.351 e. The lowest BCUT2D eigenvalue weighted by atomic mass is 9.87. The van der Waals surface area contributed by atoms with Crippen molar-refractivity contribution in [2.75, 3.05) is 5.75 Å². The minimum atomic E-state index is 0.116. The summed E-state index contributed by atoms with van der Waals surface area (Å²) in [6, 6.07) is 10.4. The molecule has 0 bridgehead atoms. The van der Waals surface area contributed by atoms with Crippen LogP contribution in [0.15, 0.2) is 35.5 Å². The predicted octanol–water partition coefficient (Wildman–Crippen LogP) is 4.71. The van der Waals surface area contributed by atoms with E-state index in [0.29, 0.717) is 5.75 Å². The van der Waals surface area contributed by atoms with Gasteiger partial charge in [0, 0.05) is 36.6 Å². The Morgan fingerprint density at radius 2 is 1.68 bits per heavy atom. The summed E-state index contributed by atoms with van der Waals surface area (Å²) in [6.45, 7) is 10.6. The Bertz CT molecular complexity index is 1010. The van der Waals surface area contributed by atoms with Gasteiger partial charge in [0.05, 0.1) is 5.75 Å². The summed E-state index contributed by atoms with van der Waals surface area (Å²) in [5, 5.41) is 9.38. The molecule has 0 N–H and O–H groups in total. The minimum Gasteiger partial charge on any atom is -0.351 e. The smallest absolute Gasteiger partial charge is 0.191 e. The molecule has 1 aromatic carbocycles. The Morgan fingerprint density at radius 3 is 2.21 bits per heavy atom. The topological polar surface area (TPSA) is 52.7 Å². The van der Waals surface area contributed by atoms with Crippen LogP contribution in [0.3, 0.4) is 0 Å². The number of Topliss-reactive ketones (excluding diaryl/α,β-unsaturated/α-hetero) is 1. The number of nitrogens with zero attached hydrogens (tertiary/aromatic N) is 4. The Labute approximate surface area is 171 Å². The average molecular weight is 397 g/mol. The van der Waals surface area contributed by atoms with E-state index in [4.69, 9.17) is 0 Å². The molecule has 148 valence electrons. The molecule has 0 aliphatic rings. The minimum absolute atomic E-state index is 0.116. The number of hydrogen-bond acceptors (Lipinski definition) is 4. The van der Waals surface area contributed by atoms with Crippen molar-refractivity contribution in [2.24, 2.45) is 14.1 Å². The Kier molecular flexibility index (Phi) is 5.53. The van der Waals surface area contributed by atoms with Gasteiger partial charge in [-0.2, -0.15) is 0 Å². The summed E-state index contributed by atoms with van der Waals surface area (Å²) >= 11 is 1.43. The maximum atomic E-state index is 12.6. The Hall–Kier alpha value is -2.34. The van der Waals surface area contributed by atoms with Crippen LogP contribution in [0.25, 0.3) is 11.4 Å². The first-order valence-electron chi connectivity index (χ1n) is 9.39. The second-order valence-electron chi connectivity index (χ2n) is 8.25. The fourth-order valence-electron chi connectivity index (χ4n) is 3.16. The molecule has 0 amide bonds. The first-order chi connectivity index (χ1) is 13.1. The van der Waals surface area contributed by atoms with Crippen molar-refractivity contribution in [3.63, 3.8) is 0 Å². The number of carbonyl (C=O) groups is 1. The van der Waals surface area contributed by atoms with Crippen molar-refractivity contribution >= 4 is 17.5 Å². The van der Waals surface area contributed by atoms with Crippen molar-refractivity contribution in [1.82, 2.24) is 19.3 Å². The molecule has 2 aromatic heterocycles. The number of benzene rings is 1. The Balaban J connectivity index is 1.74. The summed E-state index contributed by atoms with van der Waals surface area (Å²) in [5.74, 6) is 1.27. The van der Waals surface area contributed by atoms with Crippen molar-refractivity contribution < 1.29 is 4.79 Å². The molecule has 0 unspecified atom stereocenters. The highest BCUT2D eigenvalue weighted by Crippen LogP contribution is 2.27. The van der Waals surface area contributed by atoms with E-state index < -0.39 is 0 Å². The monoisotopic (exact) mass is 396 g/mol. The van der Waals surface area contributed by atoms with Gasteiger partial charge in [-0.3, -0.25) is 4.79 Å². The van der Waals surface area contributed by atoms with Crippen molar-refractivity contribution in [2.45, 2.75) is 45.2 Å². The summed E-state index contributed by atoms with van der Waals surface area (Å²) in [5.41, 5.74) is 5.30. The number of hydrogen-bond donors (Lipinski definition) is 0. The number of aromatic nitrogens is 4. The summed E-state index contributed by atoms with van der Waals surface area (Å²) in [7, 11) is 3.92. The molecule has 6 heteroatoms. The van der Waals surface area contributed by atoms with Gasteiger partial charge in [0.2, 0.25) is 0 Å². The van der Waals surface area contributed by atoms with Crippen LogP contribution in [0, 0.1) is 13.8 Å². The van der Waals surface area contributed by atoms with E-state index in [1.807, 2.05) is 43.1 Å². The summed E-state index contributed by atoms with van der Waals surface area (Å²) in [6.07, 6.45) is 0. The second kappa shape index (κ2) is 7.59. The molecule has 0 aliphatic heterocycles. The first-order valence-corrected chi connectivity index (χ1v) is 10.4. The van der Waals surface area contributed by atoms with Crippen molar-refractivity contribution in [3.8, 4) is 11.4 Å². The van der Waals surface area contributed by atoms with Crippen LogP contribution < -0.4 is 0 Å². The molecule has 0 aliphatic carbocycles. The van der Waals surface area contributed by atoms with Gasteiger partial charge in [-0.15, -0.1) is 10.2 Å². The molecule has 0 saturated carbocycles. The van der Waals surface area contributed by atoms with Gasteiger partial charge in [-0.05, 0) is 30.9 Å². The number of aryl methyl sites for hydroxylation is 1. The highest BCUT2D eigenvalue weighted by molar-refractivity contribution is 7.99. The average Bonchev–Trinajstić information content (AvgIpc) is 3.14. The highest BCUT2D eigenvalue weighted by atomic mass is 32.2. The van der Waals surface area contributed by atoms with E-state index in [1.54, 1.807) is 0 Å². The quantitative estimate of drug-likeness (QED) is 0.463. The molecule has 5 nitrogen and oxygen atoms in total. The van der Waals surface area contributed by atoms with E-state index >= 15 is 0 Å². The van der Waals surface area contributed by atoms with Crippen LogP contribution in [-0.2, 0) is 19.5 Å². The number of ketones is 1. The number of rotatable bonds is 5. The van der Waals surface area contributed by atoms with Gasteiger partial charge in [-0.1, -0.05) is 56.8 Å². The highest BCUT2D eigenvalue weighted by Gasteiger charge is 2.18. The van der Waals surface area contributed by atoms with Crippen LogP contribution in [0.1, 0.15) is 48.1 Å². The molecular weight excluding hydrogens is 368 g/mol. The van der Waals surface area contributed by atoms with Gasteiger partial charge < -0.3 is 9.13 Å². The lowest BCUT2D eigenvalue weighted by molar-refractivity contribution is 0.102. The maximum absolute atomic E-state index is 12.6. The third-order valence-electron chi connectivity index (χ3n) is 5.25. The summed E-state index contributed by atoms with van der Waals surface area (Å²) in [4.78, 5) is 12.6. The zero-order valence-electron chi connectivity index (χ0n) is 17.7. The normalized spacial score (nSPS) is 11.8. The zero-order chi connectivity index (χ0) is 20.6. The number of thioether (sulfide) groups is 1. The van der Waals surface area contributed by atoms with Gasteiger partial charge in [-0.25, -0.2) is 0 Å². The van der Waals surface area contributed by atoms with E-state index in [0.717, 1.165) is 33.5 Å². The lowest BCUT2D eigenvalue weighted by Crippen LogP contribution is -2.10. The van der Waals surface area contributed by atoms with Crippen molar-refractivity contribution in [3.05, 3.63) is 52.8 Å². The standard InChI is InChI=1S/C22H28N4OS/c1-14-12-18(15(2)25(14)6)19(27)13-28-21-24-23-20(26(21)7)16-8-10-17(11-9-16)22(3,4)5/h8-12H,13H2,1-7H3. The zero-order valence-corrected chi connectivity index (χ0v) is 18.5. The number of carbonyl (C=O) groups excluding carboxylic acids is 1. The van der Waals surface area contributed by atoms with Crippen LogP contribution in [0.4, 0.5) is 0 Å². The molecule has 3 rings (SSSR count). The van der Waals surface area contributed by atoms with E-state index in [2.05, 4.69) is 55.2 Å². The molecule has 0 saturated heterocycles. The molecule has 0 fully saturated rings. The second-order valence-corrected chi connectivity index (χ2v) is 9.19. The third kappa shape index (κ3) is 3.92. The summed E-state index contributed by atoms with van der Waals surface area (Å²) < 4.78 is 3.99. The van der Waals surface area contributed by atoms with Gasteiger partial charge in [0.1, 0.15) is 0 Å². The molecule has 3 aromatic rings. The van der Waals surface area contributed by atoms with Gasteiger partial charge >= 0.3 is 0 Å². The SMILES string of the molecule is Cc1cc(C(=O)CSc2nnc(-c3ccc(C(C)(C)C)cc3)n2C)c(C)n1C. The molecule has 0 atom stereocenters. The van der Waals surface area contributed by atoms with E-state index in [1.165, 1.54) is 17.3 Å². The lowest BCUT2D eigenvalue weighted by Gasteiger charge is -2.19. The van der Waals surface area contributed by atoms with Crippen LogP contribution in [0.5, 0.6) is 0 Å². The first kappa shape index (κ1) is 20.4. The molecule has 0 spiro atoms.